The minimum atomic E-state index is -0.846. The number of benzene rings is 2. The van der Waals surface area contributed by atoms with Crippen LogP contribution in [0, 0.1) is 0 Å². The summed E-state index contributed by atoms with van der Waals surface area (Å²) in [6.07, 6.45) is -0.846. The van der Waals surface area contributed by atoms with Gasteiger partial charge in [0.15, 0.2) is 12.7 Å². The van der Waals surface area contributed by atoms with Crippen molar-refractivity contribution in [1.82, 2.24) is 5.32 Å². The van der Waals surface area contributed by atoms with Crippen LogP contribution in [-0.4, -0.2) is 37.0 Å². The van der Waals surface area contributed by atoms with Gasteiger partial charge in [-0.15, -0.1) is 0 Å². The van der Waals surface area contributed by atoms with Gasteiger partial charge in [-0.1, -0.05) is 24.3 Å². The Bertz CT molecular complexity index is 792. The molecule has 2 aromatic carbocycles. The lowest BCUT2D eigenvalue weighted by Gasteiger charge is -2.14. The molecule has 0 fully saturated rings. The number of hydrogen-bond acceptors (Lipinski definition) is 5. The summed E-state index contributed by atoms with van der Waals surface area (Å²) in [5.74, 6) is -0.853. The second-order valence-electron chi connectivity index (χ2n) is 5.67. The van der Waals surface area contributed by atoms with Crippen molar-refractivity contribution in [3.63, 3.8) is 0 Å². The smallest absolute Gasteiger partial charge is 0.347 e. The Labute approximate surface area is 157 Å². The minimum absolute atomic E-state index is 0.230. The van der Waals surface area contributed by atoms with Gasteiger partial charge in [0.05, 0.1) is 0 Å². The SMILES string of the molecule is CCNC(=O)c1cccc(NC(=O)COC(=O)[C@@H](C)Oc2ccccc2)c1. The predicted molar refractivity (Wildman–Crippen MR) is 101 cm³/mol. The lowest BCUT2D eigenvalue weighted by Crippen LogP contribution is -2.29. The third-order valence-electron chi connectivity index (χ3n) is 3.48. The normalized spacial score (nSPS) is 11.2. The molecule has 7 nitrogen and oxygen atoms in total. The van der Waals surface area contributed by atoms with Crippen LogP contribution in [0.15, 0.2) is 54.6 Å². The van der Waals surface area contributed by atoms with E-state index < -0.39 is 24.6 Å². The molecule has 142 valence electrons. The van der Waals surface area contributed by atoms with Crippen molar-refractivity contribution in [1.29, 1.82) is 0 Å². The summed E-state index contributed by atoms with van der Waals surface area (Å²) in [4.78, 5) is 35.7. The van der Waals surface area contributed by atoms with Gasteiger partial charge in [-0.2, -0.15) is 0 Å². The summed E-state index contributed by atoms with van der Waals surface area (Å²) in [6, 6.07) is 15.3. The Balaban J connectivity index is 1.82. The first-order chi connectivity index (χ1) is 13.0. The summed E-state index contributed by atoms with van der Waals surface area (Å²) in [5, 5.41) is 5.27. The van der Waals surface area contributed by atoms with Crippen LogP contribution in [0.3, 0.4) is 0 Å². The number of nitrogens with one attached hydrogen (secondary N) is 2. The fourth-order valence-electron chi connectivity index (χ4n) is 2.20. The average Bonchev–Trinajstić information content (AvgIpc) is 2.67. The molecule has 0 aliphatic heterocycles. The van der Waals surface area contributed by atoms with Crippen molar-refractivity contribution in [3.05, 3.63) is 60.2 Å². The standard InChI is InChI=1S/C20H22N2O5/c1-3-21-19(24)15-8-7-9-16(12-15)22-18(23)13-26-20(25)14(2)27-17-10-5-4-6-11-17/h4-12,14H,3,13H2,1-2H3,(H,21,24)(H,22,23)/t14-/m1/s1. The summed E-state index contributed by atoms with van der Waals surface area (Å²) < 4.78 is 10.4. The van der Waals surface area contributed by atoms with Gasteiger partial charge >= 0.3 is 5.97 Å². The highest BCUT2D eigenvalue weighted by atomic mass is 16.6. The number of carbonyl (C=O) groups is 3. The maximum absolute atomic E-state index is 12.0. The third-order valence-corrected chi connectivity index (χ3v) is 3.48. The monoisotopic (exact) mass is 370 g/mol. The molecule has 2 N–H and O–H groups in total. The van der Waals surface area contributed by atoms with Crippen LogP contribution >= 0.6 is 0 Å². The van der Waals surface area contributed by atoms with Crippen molar-refractivity contribution in [3.8, 4) is 5.75 Å². The Kier molecular flexibility index (Phi) is 7.37. The van der Waals surface area contributed by atoms with Gasteiger partial charge in [-0.25, -0.2) is 4.79 Å². The first-order valence-corrected chi connectivity index (χ1v) is 8.56. The van der Waals surface area contributed by atoms with E-state index in [-0.39, 0.29) is 5.91 Å². The number of rotatable bonds is 8. The molecule has 0 saturated carbocycles. The molecule has 0 unspecified atom stereocenters. The lowest BCUT2D eigenvalue weighted by molar-refractivity contribution is -0.153. The zero-order valence-corrected chi connectivity index (χ0v) is 15.2. The van der Waals surface area contributed by atoms with Crippen LogP contribution in [0.5, 0.6) is 5.75 Å². The van der Waals surface area contributed by atoms with E-state index in [1.165, 1.54) is 0 Å². The molecule has 0 heterocycles. The molecule has 27 heavy (non-hydrogen) atoms. The largest absolute Gasteiger partial charge is 0.479 e. The predicted octanol–water partition coefficient (Wildman–Crippen LogP) is 2.39. The molecule has 2 aromatic rings. The van der Waals surface area contributed by atoms with Crippen LogP contribution in [0.1, 0.15) is 24.2 Å². The first-order valence-electron chi connectivity index (χ1n) is 8.56. The summed E-state index contributed by atoms with van der Waals surface area (Å²) >= 11 is 0. The van der Waals surface area contributed by atoms with E-state index >= 15 is 0 Å². The van der Waals surface area contributed by atoms with Crippen LogP contribution in [0.4, 0.5) is 5.69 Å². The van der Waals surface area contributed by atoms with E-state index in [4.69, 9.17) is 9.47 Å². The van der Waals surface area contributed by atoms with E-state index in [1.807, 2.05) is 13.0 Å². The van der Waals surface area contributed by atoms with Crippen LogP contribution in [0.2, 0.25) is 0 Å². The molecular weight excluding hydrogens is 348 g/mol. The molecule has 0 aromatic heterocycles. The zero-order valence-electron chi connectivity index (χ0n) is 15.2. The highest BCUT2D eigenvalue weighted by molar-refractivity contribution is 5.97. The van der Waals surface area contributed by atoms with Crippen molar-refractivity contribution in [2.75, 3.05) is 18.5 Å². The average molecular weight is 370 g/mol. The van der Waals surface area contributed by atoms with Crippen molar-refractivity contribution in [2.45, 2.75) is 20.0 Å². The van der Waals surface area contributed by atoms with Gasteiger partial charge < -0.3 is 20.1 Å². The van der Waals surface area contributed by atoms with Gasteiger partial charge in [0.1, 0.15) is 5.75 Å². The lowest BCUT2D eigenvalue weighted by atomic mass is 10.2. The van der Waals surface area contributed by atoms with Gasteiger partial charge in [-0.05, 0) is 44.2 Å². The zero-order chi connectivity index (χ0) is 19.6. The first kappa shape index (κ1) is 20.0. The van der Waals surface area contributed by atoms with Gasteiger partial charge in [0.25, 0.3) is 11.8 Å². The van der Waals surface area contributed by atoms with Gasteiger partial charge in [0.2, 0.25) is 0 Å². The third kappa shape index (κ3) is 6.47. The Morgan fingerprint density at radius 1 is 1.04 bits per heavy atom. The highest BCUT2D eigenvalue weighted by Crippen LogP contribution is 2.12. The van der Waals surface area contributed by atoms with E-state index in [0.29, 0.717) is 23.5 Å². The summed E-state index contributed by atoms with van der Waals surface area (Å²) in [5.41, 5.74) is 0.866. The topological polar surface area (TPSA) is 93.7 Å². The maximum Gasteiger partial charge on any atom is 0.347 e. The molecule has 0 aliphatic rings. The molecule has 7 heteroatoms. The molecule has 0 radical (unpaired) electrons. The number of ether oxygens (including phenoxy) is 2. The molecule has 1 atom stereocenters. The number of para-hydroxylation sites is 1. The van der Waals surface area contributed by atoms with Gasteiger partial charge in [0, 0.05) is 17.8 Å². The van der Waals surface area contributed by atoms with Crippen molar-refractivity contribution >= 4 is 23.5 Å². The van der Waals surface area contributed by atoms with E-state index in [2.05, 4.69) is 10.6 Å². The quantitative estimate of drug-likeness (QED) is 0.696. The Morgan fingerprint density at radius 2 is 1.78 bits per heavy atom. The molecule has 0 saturated heterocycles. The van der Waals surface area contributed by atoms with E-state index in [9.17, 15) is 14.4 Å². The van der Waals surface area contributed by atoms with Crippen LogP contribution in [-0.2, 0) is 14.3 Å². The van der Waals surface area contributed by atoms with Crippen molar-refractivity contribution < 1.29 is 23.9 Å². The number of carbonyl (C=O) groups excluding carboxylic acids is 3. The van der Waals surface area contributed by atoms with Crippen LogP contribution < -0.4 is 15.4 Å². The molecule has 2 amide bonds. The fourth-order valence-corrected chi connectivity index (χ4v) is 2.20. The van der Waals surface area contributed by atoms with Crippen LogP contribution in [0.25, 0.3) is 0 Å². The number of hydrogen-bond donors (Lipinski definition) is 2. The van der Waals surface area contributed by atoms with E-state index in [1.54, 1.807) is 55.5 Å². The second kappa shape index (κ2) is 9.96. The number of anilines is 1. The number of amides is 2. The molecular formula is C20H22N2O5. The fraction of sp³-hybridized carbons (Fsp3) is 0.250. The highest BCUT2D eigenvalue weighted by Gasteiger charge is 2.18. The van der Waals surface area contributed by atoms with Crippen molar-refractivity contribution in [2.24, 2.45) is 0 Å². The number of esters is 1. The Morgan fingerprint density at radius 3 is 2.48 bits per heavy atom. The molecule has 0 bridgehead atoms. The molecule has 2 rings (SSSR count). The van der Waals surface area contributed by atoms with E-state index in [0.717, 1.165) is 0 Å². The second-order valence-corrected chi connectivity index (χ2v) is 5.67. The maximum atomic E-state index is 12.0. The summed E-state index contributed by atoms with van der Waals surface area (Å²) in [6.45, 7) is 3.42. The Hall–Kier alpha value is -3.35. The molecule has 0 aliphatic carbocycles. The minimum Gasteiger partial charge on any atom is -0.479 e. The molecule has 0 spiro atoms. The summed E-state index contributed by atoms with van der Waals surface area (Å²) in [7, 11) is 0. The van der Waals surface area contributed by atoms with Gasteiger partial charge in [-0.3, -0.25) is 9.59 Å².